The van der Waals surface area contributed by atoms with Crippen LogP contribution in [0.5, 0.6) is 0 Å². The maximum Gasteiger partial charge on any atom is 0.338 e. The number of amides is 1. The van der Waals surface area contributed by atoms with E-state index in [2.05, 4.69) is 5.10 Å². The summed E-state index contributed by atoms with van der Waals surface area (Å²) in [6.07, 6.45) is 0.323. The summed E-state index contributed by atoms with van der Waals surface area (Å²) >= 11 is 0. The maximum atomic E-state index is 11.7. The minimum atomic E-state index is -0.397. The maximum absolute atomic E-state index is 11.7. The number of anilines is 1. The Labute approximate surface area is 105 Å². The third-order valence-corrected chi connectivity index (χ3v) is 2.52. The molecule has 0 saturated carbocycles. The SMILES string of the molecule is CCOC(=O)c1cccc(N2N=C(C)CC2=O)c1. The first-order valence-electron chi connectivity index (χ1n) is 5.76. The fraction of sp³-hybridized carbons (Fsp3) is 0.308. The van der Waals surface area contributed by atoms with Gasteiger partial charge in [0.05, 0.1) is 24.3 Å². The van der Waals surface area contributed by atoms with Crippen LogP contribution in [0.3, 0.4) is 0 Å². The molecule has 2 rings (SSSR count). The van der Waals surface area contributed by atoms with Crippen molar-refractivity contribution in [2.24, 2.45) is 5.10 Å². The number of ether oxygens (including phenoxy) is 1. The van der Waals surface area contributed by atoms with Gasteiger partial charge < -0.3 is 4.74 Å². The zero-order chi connectivity index (χ0) is 13.1. The van der Waals surface area contributed by atoms with Gasteiger partial charge in [0.15, 0.2) is 0 Å². The van der Waals surface area contributed by atoms with E-state index in [1.165, 1.54) is 5.01 Å². The molecule has 0 radical (unpaired) electrons. The Morgan fingerprint density at radius 3 is 2.89 bits per heavy atom. The van der Waals surface area contributed by atoms with Crippen LogP contribution in [-0.4, -0.2) is 24.2 Å². The first-order chi connectivity index (χ1) is 8.61. The predicted molar refractivity (Wildman–Crippen MR) is 67.6 cm³/mol. The van der Waals surface area contributed by atoms with Crippen LogP contribution in [0.25, 0.3) is 0 Å². The lowest BCUT2D eigenvalue weighted by Gasteiger charge is -2.12. The smallest absolute Gasteiger partial charge is 0.338 e. The van der Waals surface area contributed by atoms with Crippen molar-refractivity contribution in [1.82, 2.24) is 0 Å². The number of esters is 1. The Morgan fingerprint density at radius 2 is 2.28 bits per heavy atom. The highest BCUT2D eigenvalue weighted by atomic mass is 16.5. The van der Waals surface area contributed by atoms with Gasteiger partial charge in [0.2, 0.25) is 0 Å². The summed E-state index contributed by atoms with van der Waals surface area (Å²) in [7, 11) is 0. The van der Waals surface area contributed by atoms with Crippen molar-refractivity contribution in [3.8, 4) is 0 Å². The molecule has 5 nitrogen and oxygen atoms in total. The number of hydrogen-bond donors (Lipinski definition) is 0. The molecule has 0 aliphatic carbocycles. The predicted octanol–water partition coefficient (Wildman–Crippen LogP) is 1.98. The number of carbonyl (C=O) groups is 2. The minimum Gasteiger partial charge on any atom is -0.462 e. The van der Waals surface area contributed by atoms with Crippen molar-refractivity contribution in [2.45, 2.75) is 20.3 Å². The van der Waals surface area contributed by atoms with Gasteiger partial charge in [0.1, 0.15) is 0 Å². The molecule has 1 aromatic carbocycles. The molecule has 0 N–H and O–H groups in total. The molecule has 94 valence electrons. The molecule has 0 saturated heterocycles. The van der Waals surface area contributed by atoms with E-state index in [9.17, 15) is 9.59 Å². The molecule has 0 atom stereocenters. The van der Waals surface area contributed by atoms with Gasteiger partial charge in [0.25, 0.3) is 5.91 Å². The molecule has 5 heteroatoms. The van der Waals surface area contributed by atoms with Crippen LogP contribution in [0.4, 0.5) is 5.69 Å². The third kappa shape index (κ3) is 2.40. The summed E-state index contributed by atoms with van der Waals surface area (Å²) in [6.45, 7) is 3.87. The van der Waals surface area contributed by atoms with Gasteiger partial charge in [-0.15, -0.1) is 0 Å². The fourth-order valence-corrected chi connectivity index (χ4v) is 1.74. The number of carbonyl (C=O) groups excluding carboxylic acids is 2. The van der Waals surface area contributed by atoms with Gasteiger partial charge >= 0.3 is 5.97 Å². The zero-order valence-corrected chi connectivity index (χ0v) is 10.3. The molecule has 0 aromatic heterocycles. The highest BCUT2D eigenvalue weighted by Gasteiger charge is 2.23. The van der Waals surface area contributed by atoms with E-state index in [0.717, 1.165) is 5.71 Å². The molecule has 1 amide bonds. The van der Waals surface area contributed by atoms with Gasteiger partial charge in [-0.3, -0.25) is 4.79 Å². The van der Waals surface area contributed by atoms with Crippen LogP contribution in [-0.2, 0) is 9.53 Å². The monoisotopic (exact) mass is 246 g/mol. The molecular formula is C13H14N2O3. The van der Waals surface area contributed by atoms with Crippen molar-refractivity contribution in [3.05, 3.63) is 29.8 Å². The standard InChI is InChI=1S/C13H14N2O3/c1-3-18-13(17)10-5-4-6-11(8-10)15-12(16)7-9(2)14-15/h4-6,8H,3,7H2,1-2H3. The molecule has 1 aliphatic rings. The van der Waals surface area contributed by atoms with E-state index in [1.807, 2.05) is 0 Å². The number of nitrogens with zero attached hydrogens (tertiary/aromatic N) is 2. The highest BCUT2D eigenvalue weighted by molar-refractivity contribution is 6.12. The molecule has 0 unspecified atom stereocenters. The number of hydrazone groups is 1. The minimum absolute atomic E-state index is 0.0893. The number of benzene rings is 1. The molecule has 0 spiro atoms. The second-order valence-corrected chi connectivity index (χ2v) is 3.99. The van der Waals surface area contributed by atoms with Crippen molar-refractivity contribution in [1.29, 1.82) is 0 Å². The summed E-state index contributed by atoms with van der Waals surface area (Å²) in [5, 5.41) is 5.45. The second-order valence-electron chi connectivity index (χ2n) is 3.99. The molecule has 1 aromatic rings. The molecular weight excluding hydrogens is 232 g/mol. The van der Waals surface area contributed by atoms with E-state index in [-0.39, 0.29) is 5.91 Å². The normalized spacial score (nSPS) is 14.7. The van der Waals surface area contributed by atoms with E-state index in [1.54, 1.807) is 38.1 Å². The van der Waals surface area contributed by atoms with Gasteiger partial charge in [-0.05, 0) is 32.0 Å². The first-order valence-corrected chi connectivity index (χ1v) is 5.76. The average Bonchev–Trinajstić information content (AvgIpc) is 2.69. The Morgan fingerprint density at radius 1 is 1.50 bits per heavy atom. The molecule has 1 aliphatic heterocycles. The summed E-state index contributed by atoms with van der Waals surface area (Å²) in [4.78, 5) is 23.3. The summed E-state index contributed by atoms with van der Waals surface area (Å²) < 4.78 is 4.92. The summed E-state index contributed by atoms with van der Waals surface area (Å²) in [5.41, 5.74) is 1.77. The van der Waals surface area contributed by atoms with Crippen molar-refractivity contribution in [2.75, 3.05) is 11.6 Å². The van der Waals surface area contributed by atoms with Gasteiger partial charge in [-0.1, -0.05) is 6.07 Å². The van der Waals surface area contributed by atoms with E-state index in [0.29, 0.717) is 24.3 Å². The Kier molecular flexibility index (Phi) is 3.41. The lowest BCUT2D eigenvalue weighted by molar-refractivity contribution is -0.116. The molecule has 18 heavy (non-hydrogen) atoms. The quantitative estimate of drug-likeness (QED) is 0.766. The van der Waals surface area contributed by atoms with Crippen molar-refractivity contribution < 1.29 is 14.3 Å². The molecule has 0 bridgehead atoms. The van der Waals surface area contributed by atoms with Gasteiger partial charge in [0, 0.05) is 5.71 Å². The largest absolute Gasteiger partial charge is 0.462 e. The van der Waals surface area contributed by atoms with Crippen LogP contribution in [0.1, 0.15) is 30.6 Å². The summed E-state index contributed by atoms with van der Waals surface area (Å²) in [6, 6.07) is 6.71. The van der Waals surface area contributed by atoms with Gasteiger partial charge in [-0.25, -0.2) is 9.80 Å². The van der Waals surface area contributed by atoms with Crippen LogP contribution < -0.4 is 5.01 Å². The van der Waals surface area contributed by atoms with Crippen LogP contribution in [0, 0.1) is 0 Å². The summed E-state index contributed by atoms with van der Waals surface area (Å²) in [5.74, 6) is -0.486. The Balaban J connectivity index is 2.27. The topological polar surface area (TPSA) is 59.0 Å². The lowest BCUT2D eigenvalue weighted by Crippen LogP contribution is -2.20. The van der Waals surface area contributed by atoms with E-state index in [4.69, 9.17) is 4.74 Å². The van der Waals surface area contributed by atoms with Gasteiger partial charge in [-0.2, -0.15) is 5.10 Å². The lowest BCUT2D eigenvalue weighted by atomic mass is 10.2. The van der Waals surface area contributed by atoms with Crippen molar-refractivity contribution >= 4 is 23.3 Å². The number of hydrogen-bond acceptors (Lipinski definition) is 4. The second kappa shape index (κ2) is 5.00. The average molecular weight is 246 g/mol. The van der Waals surface area contributed by atoms with Crippen LogP contribution >= 0.6 is 0 Å². The fourth-order valence-electron chi connectivity index (χ4n) is 1.74. The Hall–Kier alpha value is -2.17. The van der Waals surface area contributed by atoms with Crippen LogP contribution in [0.15, 0.2) is 29.4 Å². The Bertz CT molecular complexity index is 523. The molecule has 0 fully saturated rings. The zero-order valence-electron chi connectivity index (χ0n) is 10.3. The first kappa shape index (κ1) is 12.3. The van der Waals surface area contributed by atoms with E-state index >= 15 is 0 Å². The highest BCUT2D eigenvalue weighted by Crippen LogP contribution is 2.21. The van der Waals surface area contributed by atoms with E-state index < -0.39 is 5.97 Å². The third-order valence-electron chi connectivity index (χ3n) is 2.52. The molecule has 1 heterocycles. The number of rotatable bonds is 3. The van der Waals surface area contributed by atoms with Crippen LogP contribution in [0.2, 0.25) is 0 Å². The van der Waals surface area contributed by atoms with Crippen molar-refractivity contribution in [3.63, 3.8) is 0 Å².